The first-order chi connectivity index (χ1) is 12.2. The monoisotopic (exact) mass is 398 g/mol. The summed E-state index contributed by atoms with van der Waals surface area (Å²) < 4.78 is 40.3. The molecule has 0 bridgehead atoms. The van der Waals surface area contributed by atoms with E-state index in [1.54, 1.807) is 12.1 Å². The van der Waals surface area contributed by atoms with Gasteiger partial charge < -0.3 is 4.90 Å². The van der Waals surface area contributed by atoms with Crippen LogP contribution < -0.4 is 4.72 Å². The fraction of sp³-hybridized carbons (Fsp3) is 0.278. The van der Waals surface area contributed by atoms with Crippen molar-refractivity contribution in [2.75, 3.05) is 13.1 Å². The molecule has 140 valence electrons. The first-order valence-corrected chi connectivity index (χ1v) is 9.81. The highest BCUT2D eigenvalue weighted by Gasteiger charge is 2.18. The Morgan fingerprint density at radius 1 is 1.19 bits per heavy atom. The van der Waals surface area contributed by atoms with E-state index in [0.717, 1.165) is 17.7 Å². The number of carbonyl (C=O) groups excluding carboxylic acids is 1. The summed E-state index contributed by atoms with van der Waals surface area (Å²) in [6, 6.07) is 10.6. The Bertz CT molecular complexity index is 886. The first-order valence-electron chi connectivity index (χ1n) is 7.95. The number of carbonyl (C=O) groups is 1. The van der Waals surface area contributed by atoms with Crippen molar-refractivity contribution in [1.29, 1.82) is 0 Å². The lowest BCUT2D eigenvalue weighted by Gasteiger charge is -2.21. The number of amides is 1. The normalized spacial score (nSPS) is 11.4. The average molecular weight is 399 g/mol. The summed E-state index contributed by atoms with van der Waals surface area (Å²) in [5.41, 5.74) is 1.21. The Balaban J connectivity index is 2.00. The van der Waals surface area contributed by atoms with E-state index in [4.69, 9.17) is 11.6 Å². The number of aryl methyl sites for hydroxylation is 1. The zero-order valence-corrected chi connectivity index (χ0v) is 16.1. The number of hydrogen-bond donors (Lipinski definition) is 1. The Morgan fingerprint density at radius 3 is 2.42 bits per heavy atom. The highest BCUT2D eigenvalue weighted by molar-refractivity contribution is 7.89. The van der Waals surface area contributed by atoms with Crippen molar-refractivity contribution in [3.63, 3.8) is 0 Å². The molecule has 0 saturated carbocycles. The summed E-state index contributed by atoms with van der Waals surface area (Å²) in [6.45, 7) is 3.56. The number of sulfonamides is 1. The lowest BCUT2D eigenvalue weighted by Crippen LogP contribution is -2.37. The van der Waals surface area contributed by atoms with Crippen LogP contribution in [0.1, 0.15) is 18.1 Å². The Labute approximate surface area is 157 Å². The van der Waals surface area contributed by atoms with Crippen LogP contribution in [0.4, 0.5) is 4.39 Å². The van der Waals surface area contributed by atoms with Gasteiger partial charge in [0, 0.05) is 31.6 Å². The van der Waals surface area contributed by atoms with Crippen LogP contribution in [0, 0.1) is 12.7 Å². The molecule has 0 saturated heterocycles. The molecule has 0 aliphatic rings. The lowest BCUT2D eigenvalue weighted by molar-refractivity contribution is -0.129. The van der Waals surface area contributed by atoms with E-state index in [0.29, 0.717) is 17.1 Å². The van der Waals surface area contributed by atoms with Crippen LogP contribution in [0.2, 0.25) is 5.02 Å². The van der Waals surface area contributed by atoms with Crippen molar-refractivity contribution < 1.29 is 17.6 Å². The van der Waals surface area contributed by atoms with Gasteiger partial charge in [-0.25, -0.2) is 17.5 Å². The van der Waals surface area contributed by atoms with Crippen LogP contribution in [-0.4, -0.2) is 32.3 Å². The molecule has 0 spiro atoms. The number of rotatable bonds is 7. The minimum Gasteiger partial charge on any atom is -0.337 e. The van der Waals surface area contributed by atoms with Crippen molar-refractivity contribution in [2.24, 2.45) is 0 Å². The van der Waals surface area contributed by atoms with Gasteiger partial charge >= 0.3 is 0 Å². The molecule has 0 aromatic heterocycles. The fourth-order valence-electron chi connectivity index (χ4n) is 2.47. The van der Waals surface area contributed by atoms with E-state index in [9.17, 15) is 17.6 Å². The van der Waals surface area contributed by atoms with Crippen LogP contribution in [0.3, 0.4) is 0 Å². The standard InChI is InChI=1S/C18H20ClFN2O3S/c1-13-11-17(20)7-8-18(13)26(24,25)21-9-10-22(14(2)23)12-15-3-5-16(19)6-4-15/h3-8,11,21H,9-10,12H2,1-2H3. The molecule has 0 atom stereocenters. The van der Waals surface area contributed by atoms with E-state index < -0.39 is 15.8 Å². The summed E-state index contributed by atoms with van der Waals surface area (Å²) in [6.07, 6.45) is 0. The Hall–Kier alpha value is -1.96. The second-order valence-corrected chi connectivity index (χ2v) is 8.05. The van der Waals surface area contributed by atoms with E-state index in [1.807, 2.05) is 12.1 Å². The van der Waals surface area contributed by atoms with Gasteiger partial charge in [-0.3, -0.25) is 4.79 Å². The van der Waals surface area contributed by atoms with E-state index >= 15 is 0 Å². The molecule has 1 amide bonds. The van der Waals surface area contributed by atoms with E-state index in [2.05, 4.69) is 4.72 Å². The Kier molecular flexibility index (Phi) is 6.75. The summed E-state index contributed by atoms with van der Waals surface area (Å²) in [7, 11) is -3.78. The molecule has 0 fully saturated rings. The molecule has 2 rings (SSSR count). The topological polar surface area (TPSA) is 66.5 Å². The zero-order valence-electron chi connectivity index (χ0n) is 14.5. The predicted octanol–water partition coefficient (Wildman–Crippen LogP) is 3.11. The number of nitrogens with zero attached hydrogens (tertiary/aromatic N) is 1. The van der Waals surface area contributed by atoms with Gasteiger partial charge in [0.15, 0.2) is 0 Å². The molecule has 5 nitrogen and oxygen atoms in total. The predicted molar refractivity (Wildman–Crippen MR) is 98.9 cm³/mol. The molecular formula is C18H20ClFN2O3S. The molecule has 0 unspecified atom stereocenters. The molecule has 0 radical (unpaired) electrons. The second kappa shape index (κ2) is 8.62. The summed E-state index contributed by atoms with van der Waals surface area (Å²) in [5.74, 6) is -0.663. The maximum absolute atomic E-state index is 13.1. The maximum Gasteiger partial charge on any atom is 0.240 e. The third-order valence-corrected chi connectivity index (χ3v) is 5.71. The zero-order chi connectivity index (χ0) is 19.3. The van der Waals surface area contributed by atoms with Crippen LogP contribution in [-0.2, 0) is 21.4 Å². The number of hydrogen-bond acceptors (Lipinski definition) is 3. The summed E-state index contributed by atoms with van der Waals surface area (Å²) >= 11 is 5.84. The molecular weight excluding hydrogens is 379 g/mol. The SMILES string of the molecule is CC(=O)N(CCNS(=O)(=O)c1ccc(F)cc1C)Cc1ccc(Cl)cc1. The third-order valence-electron chi connectivity index (χ3n) is 3.83. The largest absolute Gasteiger partial charge is 0.337 e. The Morgan fingerprint density at radius 2 is 1.85 bits per heavy atom. The van der Waals surface area contributed by atoms with Gasteiger partial charge in [-0.15, -0.1) is 0 Å². The summed E-state index contributed by atoms with van der Waals surface area (Å²) in [5, 5.41) is 0.602. The van der Waals surface area contributed by atoms with Crippen molar-refractivity contribution in [3.8, 4) is 0 Å². The van der Waals surface area contributed by atoms with Crippen LogP contribution in [0.5, 0.6) is 0 Å². The maximum atomic E-state index is 13.1. The van der Waals surface area contributed by atoms with E-state index in [-0.39, 0.29) is 23.9 Å². The molecule has 0 aliphatic heterocycles. The number of halogens is 2. The molecule has 0 aliphatic carbocycles. The molecule has 2 aromatic rings. The minimum atomic E-state index is -3.78. The molecule has 8 heteroatoms. The third kappa shape index (κ3) is 5.52. The van der Waals surface area contributed by atoms with Crippen LogP contribution >= 0.6 is 11.6 Å². The van der Waals surface area contributed by atoms with Gasteiger partial charge in [-0.1, -0.05) is 23.7 Å². The quantitative estimate of drug-likeness (QED) is 0.779. The van der Waals surface area contributed by atoms with Crippen molar-refractivity contribution in [3.05, 3.63) is 64.4 Å². The van der Waals surface area contributed by atoms with Gasteiger partial charge in [0.05, 0.1) is 4.90 Å². The second-order valence-electron chi connectivity index (χ2n) is 5.87. The minimum absolute atomic E-state index is 0.0194. The van der Waals surface area contributed by atoms with Crippen LogP contribution in [0.15, 0.2) is 47.4 Å². The molecule has 2 aromatic carbocycles. The van der Waals surface area contributed by atoms with E-state index in [1.165, 1.54) is 24.8 Å². The fourth-order valence-corrected chi connectivity index (χ4v) is 3.84. The summed E-state index contributed by atoms with van der Waals surface area (Å²) in [4.78, 5) is 13.4. The first kappa shape index (κ1) is 20.4. The smallest absolute Gasteiger partial charge is 0.240 e. The number of nitrogens with one attached hydrogen (secondary N) is 1. The van der Waals surface area contributed by atoms with Crippen molar-refractivity contribution in [1.82, 2.24) is 9.62 Å². The lowest BCUT2D eigenvalue weighted by atomic mass is 10.2. The number of benzene rings is 2. The van der Waals surface area contributed by atoms with Gasteiger partial charge in [-0.2, -0.15) is 0 Å². The highest BCUT2D eigenvalue weighted by atomic mass is 35.5. The van der Waals surface area contributed by atoms with Crippen molar-refractivity contribution in [2.45, 2.75) is 25.3 Å². The van der Waals surface area contributed by atoms with Gasteiger partial charge in [-0.05, 0) is 48.4 Å². The highest BCUT2D eigenvalue weighted by Crippen LogP contribution is 2.16. The van der Waals surface area contributed by atoms with Gasteiger partial charge in [0.25, 0.3) is 0 Å². The van der Waals surface area contributed by atoms with Gasteiger partial charge in [0.2, 0.25) is 15.9 Å². The average Bonchev–Trinajstić information content (AvgIpc) is 2.55. The molecule has 26 heavy (non-hydrogen) atoms. The van der Waals surface area contributed by atoms with Gasteiger partial charge in [0.1, 0.15) is 5.82 Å². The molecule has 1 N–H and O–H groups in total. The van der Waals surface area contributed by atoms with Crippen molar-refractivity contribution >= 4 is 27.5 Å². The van der Waals surface area contributed by atoms with Crippen LogP contribution in [0.25, 0.3) is 0 Å². The molecule has 0 heterocycles.